The lowest BCUT2D eigenvalue weighted by molar-refractivity contribution is -0.152. The zero-order valence-electron chi connectivity index (χ0n) is 9.43. The highest BCUT2D eigenvalue weighted by molar-refractivity contribution is 5.85. The standard InChI is InChI=1S/C10H19NO4/c1-4-10(2,15-3)9(14)11-5-7(12)8(13)6-11/h7-8,12-13H,4-6H2,1-3H3/t7-,8+,10?. The Kier molecular flexibility index (Phi) is 3.70. The predicted octanol–water partition coefficient (Wildman–Crippen LogP) is -0.635. The first kappa shape index (κ1) is 12.4. The first-order valence-electron chi connectivity index (χ1n) is 5.15. The molecule has 1 heterocycles. The SMILES string of the molecule is CCC(C)(OC)C(=O)N1C[C@@H](O)[C@@H](O)C1. The smallest absolute Gasteiger partial charge is 0.254 e. The minimum absolute atomic E-state index is 0.178. The zero-order valence-corrected chi connectivity index (χ0v) is 9.43. The van der Waals surface area contributed by atoms with Crippen LogP contribution in [-0.2, 0) is 9.53 Å². The van der Waals surface area contributed by atoms with Crippen LogP contribution >= 0.6 is 0 Å². The van der Waals surface area contributed by atoms with Crippen LogP contribution in [0, 0.1) is 0 Å². The molecule has 0 aromatic heterocycles. The maximum Gasteiger partial charge on any atom is 0.254 e. The second-order valence-corrected chi connectivity index (χ2v) is 4.13. The van der Waals surface area contributed by atoms with E-state index in [1.807, 2.05) is 6.92 Å². The number of carbonyl (C=O) groups excluding carboxylic acids is 1. The lowest BCUT2D eigenvalue weighted by Gasteiger charge is -2.30. The summed E-state index contributed by atoms with van der Waals surface area (Å²) in [4.78, 5) is 13.4. The van der Waals surface area contributed by atoms with Gasteiger partial charge in [-0.25, -0.2) is 0 Å². The summed E-state index contributed by atoms with van der Waals surface area (Å²) in [5, 5.41) is 18.7. The van der Waals surface area contributed by atoms with Crippen LogP contribution in [0.5, 0.6) is 0 Å². The van der Waals surface area contributed by atoms with Crippen molar-refractivity contribution in [3.8, 4) is 0 Å². The third kappa shape index (κ3) is 2.30. The van der Waals surface area contributed by atoms with E-state index in [2.05, 4.69) is 0 Å². The van der Waals surface area contributed by atoms with E-state index in [1.54, 1.807) is 6.92 Å². The molecule has 0 saturated carbocycles. The molecule has 0 aliphatic carbocycles. The summed E-state index contributed by atoms with van der Waals surface area (Å²) in [6, 6.07) is 0. The number of hydrogen-bond acceptors (Lipinski definition) is 4. The van der Waals surface area contributed by atoms with Gasteiger partial charge in [-0.3, -0.25) is 4.79 Å². The number of aliphatic hydroxyl groups excluding tert-OH is 2. The summed E-state index contributed by atoms with van der Waals surface area (Å²) in [5.74, 6) is -0.178. The molecule has 88 valence electrons. The Hall–Kier alpha value is -0.650. The van der Waals surface area contributed by atoms with E-state index >= 15 is 0 Å². The number of aliphatic hydroxyl groups is 2. The van der Waals surface area contributed by atoms with Gasteiger partial charge in [0.25, 0.3) is 5.91 Å². The summed E-state index contributed by atoms with van der Waals surface area (Å²) in [7, 11) is 1.49. The molecule has 1 saturated heterocycles. The number of carbonyl (C=O) groups is 1. The number of nitrogens with zero attached hydrogens (tertiary/aromatic N) is 1. The molecule has 2 N–H and O–H groups in total. The molecule has 1 fully saturated rings. The molecule has 5 nitrogen and oxygen atoms in total. The van der Waals surface area contributed by atoms with E-state index in [4.69, 9.17) is 4.74 Å². The Bertz CT molecular complexity index is 230. The fourth-order valence-corrected chi connectivity index (χ4v) is 1.65. The van der Waals surface area contributed by atoms with Crippen LogP contribution < -0.4 is 0 Å². The molecular weight excluding hydrogens is 198 g/mol. The first-order valence-corrected chi connectivity index (χ1v) is 5.15. The van der Waals surface area contributed by atoms with Gasteiger partial charge in [0.1, 0.15) is 5.60 Å². The molecule has 1 aliphatic heterocycles. The number of β-amino-alcohol motifs (C(OH)–C–C–N with tert-alkyl or cyclic N) is 2. The maximum absolute atomic E-state index is 12.0. The van der Waals surface area contributed by atoms with Gasteiger partial charge in [-0.05, 0) is 13.3 Å². The third-order valence-electron chi connectivity index (χ3n) is 3.12. The molecule has 0 radical (unpaired) electrons. The average molecular weight is 217 g/mol. The molecule has 15 heavy (non-hydrogen) atoms. The van der Waals surface area contributed by atoms with Crippen LogP contribution in [0.3, 0.4) is 0 Å². The minimum atomic E-state index is -0.857. The largest absolute Gasteiger partial charge is 0.388 e. The molecule has 1 amide bonds. The second-order valence-electron chi connectivity index (χ2n) is 4.13. The van der Waals surface area contributed by atoms with E-state index in [9.17, 15) is 15.0 Å². The van der Waals surface area contributed by atoms with Crippen molar-refractivity contribution >= 4 is 5.91 Å². The molecule has 0 aromatic rings. The summed E-state index contributed by atoms with van der Waals surface area (Å²) >= 11 is 0. The zero-order chi connectivity index (χ0) is 11.6. The third-order valence-corrected chi connectivity index (χ3v) is 3.12. The maximum atomic E-state index is 12.0. The molecule has 5 heteroatoms. The monoisotopic (exact) mass is 217 g/mol. The predicted molar refractivity (Wildman–Crippen MR) is 54.3 cm³/mol. The number of ether oxygens (including phenoxy) is 1. The number of amides is 1. The van der Waals surface area contributed by atoms with Gasteiger partial charge in [0, 0.05) is 20.2 Å². The highest BCUT2D eigenvalue weighted by atomic mass is 16.5. The Morgan fingerprint density at radius 3 is 2.27 bits per heavy atom. The molecule has 3 atom stereocenters. The fourth-order valence-electron chi connectivity index (χ4n) is 1.65. The van der Waals surface area contributed by atoms with Crippen LogP contribution in [0.2, 0.25) is 0 Å². The van der Waals surface area contributed by atoms with Crippen molar-refractivity contribution in [2.75, 3.05) is 20.2 Å². The van der Waals surface area contributed by atoms with Crippen LogP contribution in [0.15, 0.2) is 0 Å². The number of hydrogen-bond donors (Lipinski definition) is 2. The van der Waals surface area contributed by atoms with Crippen LogP contribution in [0.4, 0.5) is 0 Å². The summed E-state index contributed by atoms with van der Waals surface area (Å²) in [6.45, 7) is 3.94. The van der Waals surface area contributed by atoms with Gasteiger partial charge < -0.3 is 19.8 Å². The normalized spacial score (nSPS) is 30.3. The first-order chi connectivity index (χ1) is 6.94. The van der Waals surface area contributed by atoms with Gasteiger partial charge in [-0.1, -0.05) is 6.92 Å². The molecule has 0 spiro atoms. The molecule has 1 rings (SSSR count). The summed E-state index contributed by atoms with van der Waals surface area (Å²) in [6.07, 6.45) is -1.12. The Morgan fingerprint density at radius 2 is 1.93 bits per heavy atom. The van der Waals surface area contributed by atoms with Crippen molar-refractivity contribution in [2.24, 2.45) is 0 Å². The van der Waals surface area contributed by atoms with Crippen LogP contribution in [0.1, 0.15) is 20.3 Å². The van der Waals surface area contributed by atoms with Crippen LogP contribution in [0.25, 0.3) is 0 Å². The quantitative estimate of drug-likeness (QED) is 0.660. The summed E-state index contributed by atoms with van der Waals surface area (Å²) in [5.41, 5.74) is -0.857. The van der Waals surface area contributed by atoms with Crippen molar-refractivity contribution in [3.63, 3.8) is 0 Å². The van der Waals surface area contributed by atoms with Crippen molar-refractivity contribution < 1.29 is 19.7 Å². The van der Waals surface area contributed by atoms with Gasteiger partial charge in [-0.2, -0.15) is 0 Å². The highest BCUT2D eigenvalue weighted by Crippen LogP contribution is 2.21. The van der Waals surface area contributed by atoms with Crippen molar-refractivity contribution in [3.05, 3.63) is 0 Å². The van der Waals surface area contributed by atoms with Gasteiger partial charge >= 0.3 is 0 Å². The van der Waals surface area contributed by atoms with Gasteiger partial charge in [-0.15, -0.1) is 0 Å². The van der Waals surface area contributed by atoms with Crippen molar-refractivity contribution in [2.45, 2.75) is 38.1 Å². The van der Waals surface area contributed by atoms with Crippen LogP contribution in [-0.4, -0.2) is 59.0 Å². The lowest BCUT2D eigenvalue weighted by Crippen LogP contribution is -2.47. The van der Waals surface area contributed by atoms with E-state index in [1.165, 1.54) is 12.0 Å². The molecular formula is C10H19NO4. The molecule has 1 unspecified atom stereocenters. The number of rotatable bonds is 3. The van der Waals surface area contributed by atoms with E-state index < -0.39 is 17.8 Å². The Balaban J connectivity index is 2.69. The van der Waals surface area contributed by atoms with Crippen molar-refractivity contribution in [1.29, 1.82) is 0 Å². The van der Waals surface area contributed by atoms with E-state index in [-0.39, 0.29) is 19.0 Å². The highest BCUT2D eigenvalue weighted by Gasteiger charge is 2.40. The summed E-state index contributed by atoms with van der Waals surface area (Å²) < 4.78 is 5.18. The Morgan fingerprint density at radius 1 is 1.47 bits per heavy atom. The van der Waals surface area contributed by atoms with Gasteiger partial charge in [0.05, 0.1) is 12.2 Å². The Labute approximate surface area is 89.6 Å². The number of methoxy groups -OCH3 is 1. The second kappa shape index (κ2) is 4.47. The topological polar surface area (TPSA) is 70.0 Å². The lowest BCUT2D eigenvalue weighted by atomic mass is 10.0. The molecule has 0 aromatic carbocycles. The minimum Gasteiger partial charge on any atom is -0.388 e. The fraction of sp³-hybridized carbons (Fsp3) is 0.900. The molecule has 1 aliphatic rings. The van der Waals surface area contributed by atoms with E-state index in [0.717, 1.165) is 0 Å². The van der Waals surface area contributed by atoms with Crippen molar-refractivity contribution in [1.82, 2.24) is 4.90 Å². The van der Waals surface area contributed by atoms with Gasteiger partial charge in [0.15, 0.2) is 0 Å². The average Bonchev–Trinajstić information content (AvgIpc) is 2.57. The van der Waals surface area contributed by atoms with E-state index in [0.29, 0.717) is 6.42 Å². The number of likely N-dealkylation sites (tertiary alicyclic amines) is 1. The van der Waals surface area contributed by atoms with Gasteiger partial charge in [0.2, 0.25) is 0 Å². The molecule has 0 bridgehead atoms.